The summed E-state index contributed by atoms with van der Waals surface area (Å²) in [6, 6.07) is 7.82. The second-order valence-electron chi connectivity index (χ2n) is 7.07. The largest absolute Gasteiger partial charge is 0.487 e. The Morgan fingerprint density at radius 2 is 2.12 bits per heavy atom. The van der Waals surface area contributed by atoms with E-state index in [1.807, 2.05) is 42.0 Å². The maximum Gasteiger partial charge on any atom is 0.318 e. The SMILES string of the molecule is COC(=O)C(C)Sc1cncc(Cl)c1COc1cccc2c(-n3ccnc3)cc(C)nc12. The minimum absolute atomic E-state index is 0.201. The van der Waals surface area contributed by atoms with Crippen molar-refractivity contribution in [2.75, 3.05) is 7.11 Å². The number of benzene rings is 1. The lowest BCUT2D eigenvalue weighted by molar-refractivity contribution is -0.139. The first-order chi connectivity index (χ1) is 15.5. The highest BCUT2D eigenvalue weighted by Gasteiger charge is 2.19. The van der Waals surface area contributed by atoms with E-state index in [2.05, 4.69) is 9.97 Å². The Morgan fingerprint density at radius 1 is 1.28 bits per heavy atom. The molecule has 0 amide bonds. The van der Waals surface area contributed by atoms with Gasteiger partial charge >= 0.3 is 5.97 Å². The van der Waals surface area contributed by atoms with Crippen molar-refractivity contribution in [1.29, 1.82) is 0 Å². The van der Waals surface area contributed by atoms with Gasteiger partial charge in [0.15, 0.2) is 0 Å². The zero-order valence-electron chi connectivity index (χ0n) is 17.8. The fourth-order valence-corrected chi connectivity index (χ4v) is 4.58. The number of hydrogen-bond donors (Lipinski definition) is 0. The van der Waals surface area contributed by atoms with E-state index in [1.54, 1.807) is 31.8 Å². The summed E-state index contributed by atoms with van der Waals surface area (Å²) in [6.07, 6.45) is 8.63. The Labute approximate surface area is 194 Å². The third-order valence-electron chi connectivity index (χ3n) is 4.87. The Balaban J connectivity index is 1.67. The van der Waals surface area contributed by atoms with Crippen molar-refractivity contribution in [2.24, 2.45) is 0 Å². The van der Waals surface area contributed by atoms with Gasteiger partial charge in [-0.1, -0.05) is 23.7 Å². The van der Waals surface area contributed by atoms with Crippen LogP contribution >= 0.6 is 23.4 Å². The Morgan fingerprint density at radius 3 is 2.88 bits per heavy atom. The van der Waals surface area contributed by atoms with Crippen molar-refractivity contribution >= 4 is 40.2 Å². The van der Waals surface area contributed by atoms with Gasteiger partial charge in [0.1, 0.15) is 23.1 Å². The van der Waals surface area contributed by atoms with Crippen molar-refractivity contribution in [2.45, 2.75) is 30.6 Å². The Hall–Kier alpha value is -3.10. The molecule has 9 heteroatoms. The molecule has 4 rings (SSSR count). The third-order valence-corrected chi connectivity index (χ3v) is 6.34. The molecule has 4 aromatic rings. The highest BCUT2D eigenvalue weighted by atomic mass is 35.5. The second kappa shape index (κ2) is 9.58. The molecule has 0 aliphatic heterocycles. The van der Waals surface area contributed by atoms with E-state index in [1.165, 1.54) is 18.9 Å². The van der Waals surface area contributed by atoms with Crippen molar-refractivity contribution in [1.82, 2.24) is 19.5 Å². The summed E-state index contributed by atoms with van der Waals surface area (Å²) in [5.41, 5.74) is 3.34. The second-order valence-corrected chi connectivity index (χ2v) is 8.86. The first-order valence-electron chi connectivity index (χ1n) is 9.86. The van der Waals surface area contributed by atoms with Gasteiger partial charge in [-0.2, -0.15) is 0 Å². The number of halogens is 1. The zero-order valence-corrected chi connectivity index (χ0v) is 19.4. The molecule has 3 heterocycles. The van der Waals surface area contributed by atoms with E-state index in [9.17, 15) is 4.79 Å². The van der Waals surface area contributed by atoms with Gasteiger partial charge in [0.25, 0.3) is 0 Å². The number of esters is 1. The van der Waals surface area contributed by atoms with Crippen LogP contribution in [0.3, 0.4) is 0 Å². The molecular weight excluding hydrogens is 448 g/mol. The van der Waals surface area contributed by atoms with Gasteiger partial charge in [-0.3, -0.25) is 9.78 Å². The summed E-state index contributed by atoms with van der Waals surface area (Å²) in [7, 11) is 1.37. The molecule has 0 radical (unpaired) electrons. The number of pyridine rings is 2. The number of aromatic nitrogens is 4. The molecule has 0 N–H and O–H groups in total. The third kappa shape index (κ3) is 4.56. The van der Waals surface area contributed by atoms with Crippen molar-refractivity contribution in [3.63, 3.8) is 0 Å². The van der Waals surface area contributed by atoms with Crippen molar-refractivity contribution < 1.29 is 14.3 Å². The molecule has 0 fully saturated rings. The average Bonchev–Trinajstić information content (AvgIpc) is 3.32. The van der Waals surface area contributed by atoms with Crippen LogP contribution in [0.25, 0.3) is 16.6 Å². The molecule has 0 saturated carbocycles. The van der Waals surface area contributed by atoms with Gasteiger partial charge in [-0.25, -0.2) is 9.97 Å². The van der Waals surface area contributed by atoms with Crippen molar-refractivity contribution in [3.8, 4) is 11.4 Å². The van der Waals surface area contributed by atoms with E-state index in [-0.39, 0.29) is 12.6 Å². The first-order valence-corrected chi connectivity index (χ1v) is 11.1. The summed E-state index contributed by atoms with van der Waals surface area (Å²) >= 11 is 7.76. The van der Waals surface area contributed by atoms with Crippen LogP contribution in [-0.4, -0.2) is 37.8 Å². The predicted octanol–water partition coefficient (Wildman–Crippen LogP) is 5.01. The molecule has 1 aromatic carbocycles. The zero-order chi connectivity index (χ0) is 22.7. The molecule has 0 aliphatic rings. The number of carbonyl (C=O) groups excluding carboxylic acids is 1. The van der Waals surface area contributed by atoms with Crippen LogP contribution < -0.4 is 4.74 Å². The van der Waals surface area contributed by atoms with Gasteiger partial charge in [0.2, 0.25) is 0 Å². The fraction of sp³-hybridized carbons (Fsp3) is 0.217. The number of imidazole rings is 1. The maximum atomic E-state index is 11.9. The number of nitrogens with zero attached hydrogens (tertiary/aromatic N) is 4. The van der Waals surface area contributed by atoms with Gasteiger partial charge in [0.05, 0.1) is 24.1 Å². The smallest absolute Gasteiger partial charge is 0.318 e. The molecule has 1 atom stereocenters. The lowest BCUT2D eigenvalue weighted by Gasteiger charge is -2.16. The van der Waals surface area contributed by atoms with E-state index in [0.717, 1.165) is 32.7 Å². The Bertz CT molecular complexity index is 1260. The summed E-state index contributed by atoms with van der Waals surface area (Å²) in [5, 5.41) is 1.01. The van der Waals surface area contributed by atoms with Crippen LogP contribution in [0.4, 0.5) is 0 Å². The number of hydrogen-bond acceptors (Lipinski definition) is 7. The molecule has 0 bridgehead atoms. The number of methoxy groups -OCH3 is 1. The normalized spacial score (nSPS) is 12.0. The summed E-state index contributed by atoms with van der Waals surface area (Å²) in [4.78, 5) is 25.6. The highest BCUT2D eigenvalue weighted by molar-refractivity contribution is 8.00. The van der Waals surface area contributed by atoms with E-state index in [0.29, 0.717) is 10.8 Å². The number of fused-ring (bicyclic) bond motifs is 1. The van der Waals surface area contributed by atoms with Crippen LogP contribution in [0.2, 0.25) is 5.02 Å². The van der Waals surface area contributed by atoms with Gasteiger partial charge in [0, 0.05) is 46.3 Å². The minimum Gasteiger partial charge on any atom is -0.487 e. The molecule has 3 aromatic heterocycles. The minimum atomic E-state index is -0.404. The summed E-state index contributed by atoms with van der Waals surface area (Å²) < 4.78 is 13.0. The number of ether oxygens (including phenoxy) is 2. The average molecular weight is 469 g/mol. The summed E-state index contributed by atoms with van der Waals surface area (Å²) in [5.74, 6) is 0.319. The number of para-hydroxylation sites is 1. The molecule has 0 saturated heterocycles. The number of thioether (sulfide) groups is 1. The van der Waals surface area contributed by atoms with Crippen molar-refractivity contribution in [3.05, 3.63) is 71.7 Å². The van der Waals surface area contributed by atoms with Gasteiger partial charge < -0.3 is 14.0 Å². The Kier molecular flexibility index (Phi) is 6.62. The van der Waals surface area contributed by atoms with Crippen LogP contribution in [0.1, 0.15) is 18.2 Å². The van der Waals surface area contributed by atoms with Crippen LogP contribution in [0.5, 0.6) is 5.75 Å². The molecule has 0 aliphatic carbocycles. The fourth-order valence-electron chi connectivity index (χ4n) is 3.30. The van der Waals surface area contributed by atoms with E-state index in [4.69, 9.17) is 26.1 Å². The number of carbonyl (C=O) groups is 1. The standard InChI is InChI=1S/C23H21ClN4O3S/c1-14-9-19(28-8-7-25-13-28)16-5-4-6-20(22(16)27-14)31-12-17-18(24)10-26-11-21(17)32-15(2)23(29)30-3/h4-11,13,15H,12H2,1-3H3. The lowest BCUT2D eigenvalue weighted by Crippen LogP contribution is -2.15. The first kappa shape index (κ1) is 22.1. The molecule has 0 spiro atoms. The summed E-state index contributed by atoms with van der Waals surface area (Å²) in [6.45, 7) is 3.92. The van der Waals surface area contributed by atoms with E-state index >= 15 is 0 Å². The highest BCUT2D eigenvalue weighted by Crippen LogP contribution is 2.34. The van der Waals surface area contributed by atoms with Gasteiger partial charge in [-0.05, 0) is 26.0 Å². The monoisotopic (exact) mass is 468 g/mol. The number of aryl methyl sites for hydroxylation is 1. The molecule has 7 nitrogen and oxygen atoms in total. The predicted molar refractivity (Wildman–Crippen MR) is 125 cm³/mol. The number of rotatable bonds is 7. The van der Waals surface area contributed by atoms with Gasteiger partial charge in [-0.15, -0.1) is 11.8 Å². The lowest BCUT2D eigenvalue weighted by atomic mass is 10.1. The van der Waals surface area contributed by atoms with E-state index < -0.39 is 5.25 Å². The quantitative estimate of drug-likeness (QED) is 0.278. The molecule has 164 valence electrons. The van der Waals surface area contributed by atoms with Crippen LogP contribution in [-0.2, 0) is 16.1 Å². The topological polar surface area (TPSA) is 79.1 Å². The molecule has 1 unspecified atom stereocenters. The van der Waals surface area contributed by atoms with Crippen LogP contribution in [0, 0.1) is 6.92 Å². The molecule has 32 heavy (non-hydrogen) atoms. The maximum absolute atomic E-state index is 11.9. The molecular formula is C23H21ClN4O3S. The van der Waals surface area contributed by atoms with Crippen LogP contribution in [0.15, 0.2) is 60.3 Å².